The van der Waals surface area contributed by atoms with Gasteiger partial charge < -0.3 is 15.4 Å². The van der Waals surface area contributed by atoms with E-state index in [-0.39, 0.29) is 6.10 Å². The van der Waals surface area contributed by atoms with E-state index in [1.54, 1.807) is 7.05 Å². The van der Waals surface area contributed by atoms with Gasteiger partial charge in [0.25, 0.3) is 0 Å². The minimum Gasteiger partial charge on any atom is -0.374 e. The van der Waals surface area contributed by atoms with Crippen molar-refractivity contribution in [1.82, 2.24) is 10.6 Å². The Morgan fingerprint density at radius 1 is 1.33 bits per heavy atom. The molecular weight excluding hydrogens is 226 g/mol. The fourth-order valence-corrected chi connectivity index (χ4v) is 1.64. The Labute approximate surface area is 109 Å². The monoisotopic (exact) mass is 249 g/mol. The third-order valence-electron chi connectivity index (χ3n) is 2.71. The highest BCUT2D eigenvalue weighted by Gasteiger charge is 2.03. The van der Waals surface area contributed by atoms with Crippen LogP contribution in [0.15, 0.2) is 35.3 Å². The minimum atomic E-state index is 0.148. The molecule has 0 amide bonds. The van der Waals surface area contributed by atoms with Gasteiger partial charge in [0.05, 0.1) is 6.10 Å². The van der Waals surface area contributed by atoms with E-state index in [0.717, 1.165) is 25.5 Å². The quantitative estimate of drug-likeness (QED) is 0.460. The molecule has 1 aromatic rings. The van der Waals surface area contributed by atoms with E-state index in [1.165, 1.54) is 5.56 Å². The predicted octanol–water partition coefficient (Wildman–Crippen LogP) is 1.95. The average molecular weight is 249 g/mol. The predicted molar refractivity (Wildman–Crippen MR) is 75.8 cm³/mol. The molecule has 0 heterocycles. The number of benzene rings is 1. The van der Waals surface area contributed by atoms with Crippen LogP contribution in [0.5, 0.6) is 0 Å². The number of rotatable bonds is 6. The van der Waals surface area contributed by atoms with Crippen LogP contribution < -0.4 is 10.6 Å². The number of guanidine groups is 1. The van der Waals surface area contributed by atoms with Gasteiger partial charge in [-0.25, -0.2) is 0 Å². The molecule has 0 bridgehead atoms. The molecule has 0 saturated carbocycles. The molecule has 0 spiro atoms. The molecule has 4 heteroatoms. The highest BCUT2D eigenvalue weighted by atomic mass is 16.5. The number of hydrogen-bond donors (Lipinski definition) is 2. The van der Waals surface area contributed by atoms with Gasteiger partial charge in [-0.15, -0.1) is 0 Å². The van der Waals surface area contributed by atoms with Crippen LogP contribution in [0.4, 0.5) is 0 Å². The highest BCUT2D eigenvalue weighted by Crippen LogP contribution is 2.15. The summed E-state index contributed by atoms with van der Waals surface area (Å²) in [6.45, 7) is 3.67. The van der Waals surface area contributed by atoms with Gasteiger partial charge >= 0.3 is 0 Å². The van der Waals surface area contributed by atoms with Crippen molar-refractivity contribution < 1.29 is 4.74 Å². The van der Waals surface area contributed by atoms with Gasteiger partial charge in [-0.3, -0.25) is 4.99 Å². The topological polar surface area (TPSA) is 45.7 Å². The Hall–Kier alpha value is -1.55. The van der Waals surface area contributed by atoms with Crippen LogP contribution in [0, 0.1) is 0 Å². The first-order chi connectivity index (χ1) is 8.77. The lowest BCUT2D eigenvalue weighted by molar-refractivity contribution is 0.0646. The molecule has 18 heavy (non-hydrogen) atoms. The van der Waals surface area contributed by atoms with Crippen molar-refractivity contribution in [3.63, 3.8) is 0 Å². The second kappa shape index (κ2) is 8.53. The van der Waals surface area contributed by atoms with Crippen LogP contribution in [0.25, 0.3) is 0 Å². The third kappa shape index (κ3) is 5.19. The lowest BCUT2D eigenvalue weighted by atomic mass is 10.1. The number of nitrogens with zero attached hydrogens (tertiary/aromatic N) is 1. The van der Waals surface area contributed by atoms with Gasteiger partial charge in [-0.1, -0.05) is 30.3 Å². The maximum Gasteiger partial charge on any atom is 0.190 e. The Bertz CT molecular complexity index is 351. The van der Waals surface area contributed by atoms with E-state index in [1.807, 2.05) is 25.2 Å². The van der Waals surface area contributed by atoms with Gasteiger partial charge in [-0.2, -0.15) is 0 Å². The van der Waals surface area contributed by atoms with Gasteiger partial charge in [0, 0.05) is 27.2 Å². The lowest BCUT2D eigenvalue weighted by Crippen LogP contribution is -2.35. The van der Waals surface area contributed by atoms with Crippen LogP contribution in [0.1, 0.15) is 25.0 Å². The maximum atomic E-state index is 5.78. The van der Waals surface area contributed by atoms with E-state index < -0.39 is 0 Å². The van der Waals surface area contributed by atoms with Crippen LogP contribution in [0.2, 0.25) is 0 Å². The number of ether oxygens (including phenoxy) is 1. The first-order valence-corrected chi connectivity index (χ1v) is 6.33. The second-order valence-corrected chi connectivity index (χ2v) is 4.03. The van der Waals surface area contributed by atoms with Crippen molar-refractivity contribution in [2.45, 2.75) is 19.4 Å². The molecule has 1 aromatic carbocycles. The Kier molecular flexibility index (Phi) is 6.87. The van der Waals surface area contributed by atoms with E-state index in [9.17, 15) is 0 Å². The zero-order chi connectivity index (χ0) is 13.2. The summed E-state index contributed by atoms with van der Waals surface area (Å²) in [7, 11) is 3.61. The van der Waals surface area contributed by atoms with Gasteiger partial charge in [-0.05, 0) is 18.9 Å². The van der Waals surface area contributed by atoms with E-state index in [2.05, 4.69) is 34.7 Å². The lowest BCUT2D eigenvalue weighted by Gasteiger charge is -2.14. The molecule has 0 radical (unpaired) electrons. The van der Waals surface area contributed by atoms with Crippen LogP contribution >= 0.6 is 0 Å². The van der Waals surface area contributed by atoms with Crippen molar-refractivity contribution in [2.24, 2.45) is 4.99 Å². The molecule has 0 aliphatic rings. The van der Waals surface area contributed by atoms with Crippen molar-refractivity contribution in [3.8, 4) is 0 Å². The molecule has 0 aliphatic carbocycles. The summed E-state index contributed by atoms with van der Waals surface area (Å²) in [5, 5.41) is 6.17. The van der Waals surface area contributed by atoms with E-state index in [4.69, 9.17) is 4.74 Å². The molecule has 1 rings (SSSR count). The highest BCUT2D eigenvalue weighted by molar-refractivity contribution is 5.79. The van der Waals surface area contributed by atoms with Crippen molar-refractivity contribution in [1.29, 1.82) is 0 Å². The molecule has 0 aromatic heterocycles. The van der Waals surface area contributed by atoms with Crippen molar-refractivity contribution in [2.75, 3.05) is 27.2 Å². The normalized spacial score (nSPS) is 13.2. The summed E-state index contributed by atoms with van der Waals surface area (Å²) >= 11 is 0. The fraction of sp³-hybridized carbons (Fsp3) is 0.500. The third-order valence-corrected chi connectivity index (χ3v) is 2.71. The molecule has 4 nitrogen and oxygen atoms in total. The maximum absolute atomic E-state index is 5.78. The molecule has 1 atom stereocenters. The summed E-state index contributed by atoms with van der Waals surface area (Å²) in [5.74, 6) is 0.811. The van der Waals surface area contributed by atoms with Gasteiger partial charge in [0.15, 0.2) is 5.96 Å². The SMILES string of the molecule is CN=C(NC)NCCCOC(C)c1ccccc1. The Morgan fingerprint density at radius 3 is 2.67 bits per heavy atom. The Morgan fingerprint density at radius 2 is 2.06 bits per heavy atom. The number of aliphatic imine (C=N–C) groups is 1. The fourth-order valence-electron chi connectivity index (χ4n) is 1.64. The number of hydrogen-bond acceptors (Lipinski definition) is 2. The standard InChI is InChI=1S/C14H23N3O/c1-12(13-8-5-4-6-9-13)18-11-7-10-17-14(15-2)16-3/h4-6,8-9,12H,7,10-11H2,1-3H3,(H2,15,16,17). The smallest absolute Gasteiger partial charge is 0.190 e. The van der Waals surface area contributed by atoms with Gasteiger partial charge in [0.2, 0.25) is 0 Å². The Balaban J connectivity index is 2.15. The minimum absolute atomic E-state index is 0.148. The van der Waals surface area contributed by atoms with E-state index >= 15 is 0 Å². The molecule has 2 N–H and O–H groups in total. The second-order valence-electron chi connectivity index (χ2n) is 4.03. The summed E-state index contributed by atoms with van der Waals surface area (Å²) in [4.78, 5) is 4.04. The van der Waals surface area contributed by atoms with Crippen LogP contribution in [-0.2, 0) is 4.74 Å². The molecule has 1 unspecified atom stereocenters. The molecule has 0 aliphatic heterocycles. The molecule has 0 saturated heterocycles. The van der Waals surface area contributed by atoms with Crippen LogP contribution in [-0.4, -0.2) is 33.2 Å². The first kappa shape index (κ1) is 14.5. The average Bonchev–Trinajstić information content (AvgIpc) is 2.43. The number of nitrogens with one attached hydrogen (secondary N) is 2. The summed E-state index contributed by atoms with van der Waals surface area (Å²) in [6.07, 6.45) is 1.10. The largest absolute Gasteiger partial charge is 0.374 e. The van der Waals surface area contributed by atoms with Crippen LogP contribution in [0.3, 0.4) is 0 Å². The van der Waals surface area contributed by atoms with E-state index in [0.29, 0.717) is 0 Å². The van der Waals surface area contributed by atoms with Crippen molar-refractivity contribution >= 4 is 5.96 Å². The summed E-state index contributed by atoms with van der Waals surface area (Å²) in [5.41, 5.74) is 1.22. The summed E-state index contributed by atoms with van der Waals surface area (Å²) in [6, 6.07) is 10.3. The molecular formula is C14H23N3O. The first-order valence-electron chi connectivity index (χ1n) is 6.33. The van der Waals surface area contributed by atoms with Gasteiger partial charge in [0.1, 0.15) is 0 Å². The zero-order valence-corrected chi connectivity index (χ0v) is 11.4. The zero-order valence-electron chi connectivity index (χ0n) is 11.4. The summed E-state index contributed by atoms with van der Waals surface area (Å²) < 4.78 is 5.78. The molecule has 0 fully saturated rings. The van der Waals surface area contributed by atoms with Crippen molar-refractivity contribution in [3.05, 3.63) is 35.9 Å². The molecule has 100 valence electrons.